The van der Waals surface area contributed by atoms with Gasteiger partial charge in [-0.15, -0.1) is 0 Å². The van der Waals surface area contributed by atoms with Crippen LogP contribution in [0.1, 0.15) is 41.6 Å². The molecule has 0 aliphatic carbocycles. The second-order valence-electron chi connectivity index (χ2n) is 8.01. The Morgan fingerprint density at radius 2 is 1.73 bits per heavy atom. The van der Waals surface area contributed by atoms with Crippen LogP contribution in [0.2, 0.25) is 5.02 Å². The standard InChI is InChI=1S/C25H31ClN2O5/c1-5-6-11-27-24(29)19-15-28(25(30)17-9-7-8-10-20(17)26)14-18(19)16-12-21(31-2)23(33-4)22(13-16)32-3/h7-10,12-13,18-19H,5-6,11,14-15H2,1-4H3,(H,27,29)/t18-,19-/m1/s1. The highest BCUT2D eigenvalue weighted by molar-refractivity contribution is 6.33. The van der Waals surface area contributed by atoms with E-state index >= 15 is 0 Å². The Balaban J connectivity index is 1.97. The zero-order chi connectivity index (χ0) is 24.0. The lowest BCUT2D eigenvalue weighted by atomic mass is 9.88. The van der Waals surface area contributed by atoms with Crippen molar-refractivity contribution in [1.29, 1.82) is 0 Å². The van der Waals surface area contributed by atoms with Gasteiger partial charge in [0.15, 0.2) is 11.5 Å². The minimum absolute atomic E-state index is 0.0725. The molecule has 2 aromatic carbocycles. The Bertz CT molecular complexity index is 972. The van der Waals surface area contributed by atoms with E-state index in [2.05, 4.69) is 12.2 Å². The summed E-state index contributed by atoms with van der Waals surface area (Å²) >= 11 is 6.27. The van der Waals surface area contributed by atoms with Crippen molar-refractivity contribution in [3.8, 4) is 17.2 Å². The van der Waals surface area contributed by atoms with Gasteiger partial charge in [0.05, 0.1) is 37.8 Å². The third kappa shape index (κ3) is 5.36. The van der Waals surface area contributed by atoms with E-state index < -0.39 is 5.92 Å². The van der Waals surface area contributed by atoms with Crippen LogP contribution >= 0.6 is 11.6 Å². The number of halogens is 1. The number of rotatable bonds is 9. The summed E-state index contributed by atoms with van der Waals surface area (Å²) in [7, 11) is 4.65. The molecule has 7 nitrogen and oxygen atoms in total. The molecule has 1 fully saturated rings. The fourth-order valence-electron chi connectivity index (χ4n) is 4.21. The van der Waals surface area contributed by atoms with Gasteiger partial charge in [0, 0.05) is 25.6 Å². The van der Waals surface area contributed by atoms with Gasteiger partial charge in [-0.1, -0.05) is 37.1 Å². The number of carbonyl (C=O) groups excluding carboxylic acids is 2. The molecule has 1 N–H and O–H groups in total. The molecule has 0 radical (unpaired) electrons. The largest absolute Gasteiger partial charge is 0.493 e. The van der Waals surface area contributed by atoms with Gasteiger partial charge < -0.3 is 24.4 Å². The number of methoxy groups -OCH3 is 3. The van der Waals surface area contributed by atoms with Crippen molar-refractivity contribution in [2.75, 3.05) is 41.0 Å². The van der Waals surface area contributed by atoms with Gasteiger partial charge >= 0.3 is 0 Å². The van der Waals surface area contributed by atoms with E-state index in [0.29, 0.717) is 47.5 Å². The second-order valence-corrected chi connectivity index (χ2v) is 8.41. The minimum atomic E-state index is -0.420. The van der Waals surface area contributed by atoms with Crippen molar-refractivity contribution in [3.05, 3.63) is 52.5 Å². The van der Waals surface area contributed by atoms with Gasteiger partial charge in [-0.2, -0.15) is 0 Å². The SMILES string of the molecule is CCCCNC(=O)[C@@H]1CN(C(=O)c2ccccc2Cl)C[C@@H]1c1cc(OC)c(OC)c(OC)c1. The molecular weight excluding hydrogens is 444 g/mol. The summed E-state index contributed by atoms with van der Waals surface area (Å²) in [6.45, 7) is 3.34. The van der Waals surface area contributed by atoms with Crippen LogP contribution in [0.25, 0.3) is 0 Å². The first-order chi connectivity index (χ1) is 15.9. The predicted octanol–water partition coefficient (Wildman–Crippen LogP) is 4.14. The van der Waals surface area contributed by atoms with Crippen molar-refractivity contribution < 1.29 is 23.8 Å². The quantitative estimate of drug-likeness (QED) is 0.553. The minimum Gasteiger partial charge on any atom is -0.493 e. The molecule has 2 atom stereocenters. The van der Waals surface area contributed by atoms with Crippen molar-refractivity contribution in [3.63, 3.8) is 0 Å². The molecule has 0 unspecified atom stereocenters. The maximum absolute atomic E-state index is 13.3. The van der Waals surface area contributed by atoms with Crippen LogP contribution in [0.15, 0.2) is 36.4 Å². The molecule has 2 aromatic rings. The maximum atomic E-state index is 13.3. The fraction of sp³-hybridized carbons (Fsp3) is 0.440. The van der Waals surface area contributed by atoms with Crippen LogP contribution in [-0.2, 0) is 4.79 Å². The summed E-state index contributed by atoms with van der Waals surface area (Å²) in [5, 5.41) is 3.42. The number of nitrogens with zero attached hydrogens (tertiary/aromatic N) is 1. The highest BCUT2D eigenvalue weighted by Crippen LogP contribution is 2.43. The molecule has 0 bridgehead atoms. The highest BCUT2D eigenvalue weighted by Gasteiger charge is 2.41. The topological polar surface area (TPSA) is 77.1 Å². The van der Waals surface area contributed by atoms with E-state index in [9.17, 15) is 9.59 Å². The summed E-state index contributed by atoms with van der Waals surface area (Å²) in [6, 6.07) is 10.7. The third-order valence-electron chi connectivity index (χ3n) is 5.99. The average molecular weight is 475 g/mol. The van der Waals surface area contributed by atoms with Crippen LogP contribution in [0.4, 0.5) is 0 Å². The third-order valence-corrected chi connectivity index (χ3v) is 6.32. The number of carbonyl (C=O) groups is 2. The molecule has 1 heterocycles. The zero-order valence-electron chi connectivity index (χ0n) is 19.5. The van der Waals surface area contributed by atoms with Crippen molar-refractivity contribution in [2.45, 2.75) is 25.7 Å². The molecular formula is C25H31ClN2O5. The summed E-state index contributed by atoms with van der Waals surface area (Å²) in [4.78, 5) is 28.1. The molecule has 33 heavy (non-hydrogen) atoms. The van der Waals surface area contributed by atoms with Gasteiger partial charge in [-0.3, -0.25) is 9.59 Å². The van der Waals surface area contributed by atoms with E-state index in [1.807, 2.05) is 12.1 Å². The molecule has 2 amide bonds. The van der Waals surface area contributed by atoms with Crippen molar-refractivity contribution in [1.82, 2.24) is 10.2 Å². The van der Waals surface area contributed by atoms with Crippen molar-refractivity contribution >= 4 is 23.4 Å². The molecule has 178 valence electrons. The molecule has 8 heteroatoms. The van der Waals surface area contributed by atoms with Gasteiger partial charge in [0.25, 0.3) is 5.91 Å². The number of unbranched alkanes of at least 4 members (excludes halogenated alkanes) is 1. The fourth-order valence-corrected chi connectivity index (χ4v) is 4.43. The van der Waals surface area contributed by atoms with Gasteiger partial charge in [-0.05, 0) is 36.2 Å². The Kier molecular flexibility index (Phi) is 8.44. The first kappa shape index (κ1) is 24.7. The summed E-state index contributed by atoms with van der Waals surface area (Å²) < 4.78 is 16.5. The van der Waals surface area contributed by atoms with Crippen LogP contribution in [-0.4, -0.2) is 57.7 Å². The lowest BCUT2D eigenvalue weighted by Gasteiger charge is -2.21. The molecule has 0 spiro atoms. The van der Waals surface area contributed by atoms with Crippen LogP contribution < -0.4 is 19.5 Å². The Labute approximate surface area is 200 Å². The number of ether oxygens (including phenoxy) is 3. The summed E-state index contributed by atoms with van der Waals surface area (Å²) in [5.74, 6) is 0.567. The Hall–Kier alpha value is -2.93. The van der Waals surface area contributed by atoms with Crippen LogP contribution in [0, 0.1) is 5.92 Å². The van der Waals surface area contributed by atoms with E-state index in [1.54, 1.807) is 50.5 Å². The smallest absolute Gasteiger partial charge is 0.255 e. The molecule has 1 aliphatic heterocycles. The number of nitrogens with one attached hydrogen (secondary N) is 1. The van der Waals surface area contributed by atoms with Gasteiger partial charge in [0.1, 0.15) is 0 Å². The van der Waals surface area contributed by atoms with E-state index in [-0.39, 0.29) is 17.7 Å². The normalized spacial score (nSPS) is 17.5. The molecule has 1 aliphatic rings. The van der Waals surface area contributed by atoms with E-state index in [1.165, 1.54) is 0 Å². The molecule has 1 saturated heterocycles. The highest BCUT2D eigenvalue weighted by atomic mass is 35.5. The average Bonchev–Trinajstić information content (AvgIpc) is 3.28. The molecule has 3 rings (SSSR count). The Morgan fingerprint density at radius 1 is 1.06 bits per heavy atom. The van der Waals surface area contributed by atoms with Crippen LogP contribution in [0.5, 0.6) is 17.2 Å². The number of benzene rings is 2. The maximum Gasteiger partial charge on any atom is 0.255 e. The second kappa shape index (κ2) is 11.3. The first-order valence-electron chi connectivity index (χ1n) is 11.1. The van der Waals surface area contributed by atoms with E-state index in [4.69, 9.17) is 25.8 Å². The monoisotopic (exact) mass is 474 g/mol. The first-order valence-corrected chi connectivity index (χ1v) is 11.4. The molecule has 0 saturated carbocycles. The van der Waals surface area contributed by atoms with Crippen molar-refractivity contribution in [2.24, 2.45) is 5.92 Å². The van der Waals surface area contributed by atoms with Gasteiger partial charge in [0.2, 0.25) is 11.7 Å². The Morgan fingerprint density at radius 3 is 2.30 bits per heavy atom. The number of likely N-dealkylation sites (tertiary alicyclic amines) is 1. The summed E-state index contributed by atoms with van der Waals surface area (Å²) in [6.07, 6.45) is 1.88. The number of amides is 2. The zero-order valence-corrected chi connectivity index (χ0v) is 20.3. The van der Waals surface area contributed by atoms with Crippen LogP contribution in [0.3, 0.4) is 0 Å². The number of hydrogen-bond donors (Lipinski definition) is 1. The predicted molar refractivity (Wildman–Crippen MR) is 128 cm³/mol. The summed E-state index contributed by atoms with van der Waals surface area (Å²) in [5.41, 5.74) is 1.27. The molecule has 0 aromatic heterocycles. The lowest BCUT2D eigenvalue weighted by Crippen LogP contribution is -2.36. The van der Waals surface area contributed by atoms with Gasteiger partial charge in [-0.25, -0.2) is 0 Å². The van der Waals surface area contributed by atoms with E-state index in [0.717, 1.165) is 18.4 Å². The number of hydrogen-bond acceptors (Lipinski definition) is 5. The lowest BCUT2D eigenvalue weighted by molar-refractivity contribution is -0.124.